The van der Waals surface area contributed by atoms with E-state index < -0.39 is 10.0 Å². The summed E-state index contributed by atoms with van der Waals surface area (Å²) < 4.78 is 26.8. The van der Waals surface area contributed by atoms with Crippen LogP contribution in [0.4, 0.5) is 0 Å². The lowest BCUT2D eigenvalue weighted by molar-refractivity contribution is 0.176. The van der Waals surface area contributed by atoms with Gasteiger partial charge in [-0.25, -0.2) is 8.42 Å². The fraction of sp³-hybridized carbons (Fsp3) is 0.769. The number of H-pyrrole nitrogens is 1. The summed E-state index contributed by atoms with van der Waals surface area (Å²) in [7, 11) is -2.07. The van der Waals surface area contributed by atoms with Crippen LogP contribution in [0.15, 0.2) is 5.03 Å². The molecule has 1 aliphatic heterocycles. The fourth-order valence-corrected chi connectivity index (χ4v) is 4.33. The van der Waals surface area contributed by atoms with Crippen molar-refractivity contribution < 1.29 is 13.5 Å². The third kappa shape index (κ3) is 3.13. The van der Waals surface area contributed by atoms with Crippen molar-refractivity contribution in [1.82, 2.24) is 19.4 Å². The van der Waals surface area contributed by atoms with Gasteiger partial charge in [0.1, 0.15) is 0 Å². The normalized spacial score (nSPS) is 18.5. The number of likely N-dealkylation sites (tertiary alicyclic amines) is 1. The number of aliphatic hydroxyl groups is 1. The standard InChI is InChI=1S/C13H24N4O3S/c1-4-17-7-5-11(6-8-17)16(3)21(19,20)13-12(9-18)10(2)14-15-13/h11,18H,4-9H2,1-3H3,(H,14,15). The van der Waals surface area contributed by atoms with Crippen LogP contribution in [0.25, 0.3) is 0 Å². The average Bonchev–Trinajstić information content (AvgIpc) is 2.88. The van der Waals surface area contributed by atoms with E-state index in [2.05, 4.69) is 22.0 Å². The van der Waals surface area contributed by atoms with Crippen LogP contribution in [0.3, 0.4) is 0 Å². The zero-order valence-corrected chi connectivity index (χ0v) is 13.7. The Bertz CT molecular complexity index is 576. The minimum Gasteiger partial charge on any atom is -0.392 e. The lowest BCUT2D eigenvalue weighted by Crippen LogP contribution is -2.45. The fourth-order valence-electron chi connectivity index (χ4n) is 2.76. The molecule has 2 heterocycles. The Labute approximate surface area is 126 Å². The molecule has 0 radical (unpaired) electrons. The first kappa shape index (κ1) is 16.4. The minimum absolute atomic E-state index is 0.0126. The first-order valence-corrected chi connectivity index (χ1v) is 8.70. The predicted molar refractivity (Wildman–Crippen MR) is 79.3 cm³/mol. The number of aromatic nitrogens is 2. The van der Waals surface area contributed by atoms with E-state index in [4.69, 9.17) is 0 Å². The summed E-state index contributed by atoms with van der Waals surface area (Å²) in [6.07, 6.45) is 1.64. The molecule has 0 bridgehead atoms. The maximum absolute atomic E-state index is 12.7. The zero-order valence-electron chi connectivity index (χ0n) is 12.8. The van der Waals surface area contributed by atoms with Crippen LogP contribution in [-0.4, -0.2) is 65.7 Å². The number of hydrogen-bond donors (Lipinski definition) is 2. The SMILES string of the molecule is CCN1CCC(N(C)S(=O)(=O)c2n[nH]c(C)c2CO)CC1. The smallest absolute Gasteiger partial charge is 0.262 e. The van der Waals surface area contributed by atoms with E-state index in [0.29, 0.717) is 11.3 Å². The van der Waals surface area contributed by atoms with Gasteiger partial charge in [0.2, 0.25) is 0 Å². The van der Waals surface area contributed by atoms with Gasteiger partial charge in [-0.3, -0.25) is 5.10 Å². The van der Waals surface area contributed by atoms with Gasteiger partial charge in [0.25, 0.3) is 10.0 Å². The first-order chi connectivity index (χ1) is 9.91. The number of nitrogens with one attached hydrogen (secondary N) is 1. The van der Waals surface area contributed by atoms with Crippen molar-refractivity contribution in [2.24, 2.45) is 0 Å². The van der Waals surface area contributed by atoms with Crippen molar-refractivity contribution in [3.05, 3.63) is 11.3 Å². The number of rotatable bonds is 5. The monoisotopic (exact) mass is 316 g/mol. The van der Waals surface area contributed by atoms with Crippen molar-refractivity contribution in [1.29, 1.82) is 0 Å². The number of aliphatic hydroxyl groups excluding tert-OH is 1. The number of hydrogen-bond acceptors (Lipinski definition) is 5. The molecule has 0 spiro atoms. The predicted octanol–water partition coefficient (Wildman–Crippen LogP) is 0.315. The molecular formula is C13H24N4O3S. The second kappa shape index (κ2) is 6.43. The van der Waals surface area contributed by atoms with E-state index >= 15 is 0 Å². The van der Waals surface area contributed by atoms with Gasteiger partial charge in [-0.2, -0.15) is 9.40 Å². The lowest BCUT2D eigenvalue weighted by atomic mass is 10.1. The lowest BCUT2D eigenvalue weighted by Gasteiger charge is -2.35. The average molecular weight is 316 g/mol. The summed E-state index contributed by atoms with van der Waals surface area (Å²) in [5.74, 6) is 0. The van der Waals surface area contributed by atoms with E-state index in [1.165, 1.54) is 4.31 Å². The molecule has 2 N–H and O–H groups in total. The van der Waals surface area contributed by atoms with Crippen LogP contribution in [0.1, 0.15) is 31.0 Å². The summed E-state index contributed by atoms with van der Waals surface area (Å²) in [5.41, 5.74) is 0.943. The third-order valence-electron chi connectivity index (χ3n) is 4.34. The van der Waals surface area contributed by atoms with Crippen LogP contribution in [0.2, 0.25) is 0 Å². The van der Waals surface area contributed by atoms with Gasteiger partial charge in [-0.15, -0.1) is 0 Å². The van der Waals surface area contributed by atoms with E-state index in [0.717, 1.165) is 32.5 Å². The highest BCUT2D eigenvalue weighted by molar-refractivity contribution is 7.89. The number of sulfonamides is 1. The molecule has 1 saturated heterocycles. The van der Waals surface area contributed by atoms with Crippen LogP contribution >= 0.6 is 0 Å². The molecule has 120 valence electrons. The summed E-state index contributed by atoms with van der Waals surface area (Å²) in [4.78, 5) is 2.31. The van der Waals surface area contributed by atoms with Crippen LogP contribution in [-0.2, 0) is 16.6 Å². The highest BCUT2D eigenvalue weighted by Gasteiger charge is 2.34. The molecule has 21 heavy (non-hydrogen) atoms. The van der Waals surface area contributed by atoms with Gasteiger partial charge < -0.3 is 10.0 Å². The number of aryl methyl sites for hydroxylation is 1. The van der Waals surface area contributed by atoms with Gasteiger partial charge in [0.15, 0.2) is 5.03 Å². The van der Waals surface area contributed by atoms with Crippen molar-refractivity contribution in [2.75, 3.05) is 26.7 Å². The van der Waals surface area contributed by atoms with Crippen molar-refractivity contribution in [3.63, 3.8) is 0 Å². The van der Waals surface area contributed by atoms with Crippen LogP contribution in [0.5, 0.6) is 0 Å². The molecule has 0 amide bonds. The summed E-state index contributed by atoms with van der Waals surface area (Å²) >= 11 is 0. The Morgan fingerprint density at radius 1 is 1.43 bits per heavy atom. The number of aromatic amines is 1. The molecule has 0 aliphatic carbocycles. The molecule has 1 aromatic rings. The molecule has 0 saturated carbocycles. The third-order valence-corrected chi connectivity index (χ3v) is 6.22. The second-order valence-electron chi connectivity index (χ2n) is 5.48. The Morgan fingerprint density at radius 3 is 2.57 bits per heavy atom. The molecule has 8 heteroatoms. The molecule has 7 nitrogen and oxygen atoms in total. The minimum atomic E-state index is -3.67. The van der Waals surface area contributed by atoms with E-state index in [1.807, 2.05) is 0 Å². The van der Waals surface area contributed by atoms with Crippen molar-refractivity contribution in [3.8, 4) is 0 Å². The Balaban J connectivity index is 2.19. The van der Waals surface area contributed by atoms with Gasteiger partial charge in [0, 0.05) is 24.3 Å². The van der Waals surface area contributed by atoms with E-state index in [-0.39, 0.29) is 17.7 Å². The largest absolute Gasteiger partial charge is 0.392 e. The van der Waals surface area contributed by atoms with Crippen LogP contribution < -0.4 is 0 Å². The van der Waals surface area contributed by atoms with Gasteiger partial charge in [-0.05, 0) is 39.4 Å². The zero-order chi connectivity index (χ0) is 15.6. The maximum Gasteiger partial charge on any atom is 0.262 e. The Hall–Kier alpha value is -0.960. The maximum atomic E-state index is 12.7. The molecule has 1 fully saturated rings. The molecule has 1 aromatic heterocycles. The van der Waals surface area contributed by atoms with Crippen LogP contribution in [0, 0.1) is 6.92 Å². The van der Waals surface area contributed by atoms with Crippen molar-refractivity contribution in [2.45, 2.75) is 44.4 Å². The second-order valence-corrected chi connectivity index (χ2v) is 7.39. The molecule has 1 aliphatic rings. The highest BCUT2D eigenvalue weighted by Crippen LogP contribution is 2.24. The summed E-state index contributed by atoms with van der Waals surface area (Å²) in [6, 6.07) is -0.0126. The molecule has 0 atom stereocenters. The van der Waals surface area contributed by atoms with Gasteiger partial charge in [-0.1, -0.05) is 6.92 Å². The molecule has 2 rings (SSSR count). The van der Waals surface area contributed by atoms with E-state index in [1.54, 1.807) is 14.0 Å². The quantitative estimate of drug-likeness (QED) is 0.816. The molecule has 0 aromatic carbocycles. The number of nitrogens with zero attached hydrogens (tertiary/aromatic N) is 3. The van der Waals surface area contributed by atoms with Crippen molar-refractivity contribution >= 4 is 10.0 Å². The Kier molecular flexibility index (Phi) is 5.03. The Morgan fingerprint density at radius 2 is 2.05 bits per heavy atom. The van der Waals surface area contributed by atoms with Gasteiger partial charge in [0.05, 0.1) is 6.61 Å². The number of piperidine rings is 1. The first-order valence-electron chi connectivity index (χ1n) is 7.26. The van der Waals surface area contributed by atoms with Gasteiger partial charge >= 0.3 is 0 Å². The molecule has 0 unspecified atom stereocenters. The molecular weight excluding hydrogens is 292 g/mol. The summed E-state index contributed by atoms with van der Waals surface area (Å²) in [5, 5.41) is 15.8. The highest BCUT2D eigenvalue weighted by atomic mass is 32.2. The topological polar surface area (TPSA) is 89.5 Å². The van der Waals surface area contributed by atoms with E-state index in [9.17, 15) is 13.5 Å². The summed E-state index contributed by atoms with van der Waals surface area (Å²) in [6.45, 7) is 6.30.